The average molecular weight is 297 g/mol. The molecule has 4 heteroatoms. The summed E-state index contributed by atoms with van der Waals surface area (Å²) in [5.41, 5.74) is 1.87. The van der Waals surface area contributed by atoms with Crippen molar-refractivity contribution in [1.29, 1.82) is 0 Å². The van der Waals surface area contributed by atoms with Crippen molar-refractivity contribution in [3.8, 4) is 17.2 Å². The molecule has 0 N–H and O–H groups in total. The van der Waals surface area contributed by atoms with Gasteiger partial charge in [0.05, 0.1) is 27.0 Å². The molecule has 0 saturated heterocycles. The van der Waals surface area contributed by atoms with Gasteiger partial charge in [-0.1, -0.05) is 24.3 Å². The maximum Gasteiger partial charge on any atom is 0.203 e. The lowest BCUT2D eigenvalue weighted by Crippen LogP contribution is -1.95. The van der Waals surface area contributed by atoms with E-state index in [4.69, 9.17) is 14.2 Å². The smallest absolute Gasteiger partial charge is 0.203 e. The zero-order valence-electron chi connectivity index (χ0n) is 12.9. The van der Waals surface area contributed by atoms with Crippen LogP contribution in [0.5, 0.6) is 17.2 Å². The number of ether oxygens (including phenoxy) is 3. The second-order valence-electron chi connectivity index (χ2n) is 4.43. The zero-order chi connectivity index (χ0) is 15.8. The van der Waals surface area contributed by atoms with Gasteiger partial charge in [0.25, 0.3) is 0 Å². The van der Waals surface area contributed by atoms with Crippen molar-refractivity contribution in [3.05, 3.63) is 59.9 Å². The molecule has 2 aromatic rings. The molecule has 0 spiro atoms. The minimum atomic E-state index is 0.589. The summed E-state index contributed by atoms with van der Waals surface area (Å²) in [6.45, 7) is 0. The third kappa shape index (κ3) is 3.88. The predicted molar refractivity (Wildman–Crippen MR) is 88.4 cm³/mol. The van der Waals surface area contributed by atoms with E-state index in [-0.39, 0.29) is 0 Å². The van der Waals surface area contributed by atoms with Crippen LogP contribution in [0.3, 0.4) is 0 Å². The van der Waals surface area contributed by atoms with Crippen molar-refractivity contribution in [2.75, 3.05) is 21.3 Å². The van der Waals surface area contributed by atoms with Crippen LogP contribution in [0.25, 0.3) is 12.2 Å². The molecule has 0 amide bonds. The summed E-state index contributed by atoms with van der Waals surface area (Å²) >= 11 is 0. The van der Waals surface area contributed by atoms with Gasteiger partial charge in [0.15, 0.2) is 11.5 Å². The highest BCUT2D eigenvalue weighted by molar-refractivity contribution is 5.63. The lowest BCUT2D eigenvalue weighted by Gasteiger charge is -2.12. The lowest BCUT2D eigenvalue weighted by molar-refractivity contribution is 0.324. The molecule has 4 nitrogen and oxygen atoms in total. The van der Waals surface area contributed by atoms with Gasteiger partial charge in [-0.05, 0) is 35.9 Å². The van der Waals surface area contributed by atoms with Crippen molar-refractivity contribution < 1.29 is 14.2 Å². The van der Waals surface area contributed by atoms with Gasteiger partial charge in [0.1, 0.15) is 0 Å². The number of rotatable bonds is 6. The van der Waals surface area contributed by atoms with E-state index >= 15 is 0 Å². The highest BCUT2D eigenvalue weighted by atomic mass is 16.5. The monoisotopic (exact) mass is 297 g/mol. The van der Waals surface area contributed by atoms with Gasteiger partial charge in [-0.2, -0.15) is 0 Å². The summed E-state index contributed by atoms with van der Waals surface area (Å²) < 4.78 is 16.0. The normalized spacial score (nSPS) is 11.0. The molecule has 0 aliphatic heterocycles. The van der Waals surface area contributed by atoms with Crippen molar-refractivity contribution in [3.63, 3.8) is 0 Å². The number of hydrogen-bond donors (Lipinski definition) is 0. The van der Waals surface area contributed by atoms with E-state index < -0.39 is 0 Å². The number of hydrogen-bond acceptors (Lipinski definition) is 4. The highest BCUT2D eigenvalue weighted by Gasteiger charge is 2.11. The topological polar surface area (TPSA) is 40.6 Å². The zero-order valence-corrected chi connectivity index (χ0v) is 12.9. The van der Waals surface area contributed by atoms with Crippen molar-refractivity contribution >= 4 is 12.2 Å². The molecular weight excluding hydrogens is 278 g/mol. The second kappa shape index (κ2) is 7.88. The van der Waals surface area contributed by atoms with Crippen LogP contribution < -0.4 is 14.2 Å². The van der Waals surface area contributed by atoms with Crippen LogP contribution >= 0.6 is 0 Å². The third-order valence-corrected chi connectivity index (χ3v) is 3.04. The van der Waals surface area contributed by atoms with Crippen LogP contribution in [0.1, 0.15) is 11.3 Å². The van der Waals surface area contributed by atoms with Gasteiger partial charge in [0.2, 0.25) is 5.75 Å². The summed E-state index contributed by atoms with van der Waals surface area (Å²) in [4.78, 5) is 4.22. The van der Waals surface area contributed by atoms with Gasteiger partial charge in [-0.15, -0.1) is 0 Å². The molecule has 1 heterocycles. The molecule has 0 fully saturated rings. The quantitative estimate of drug-likeness (QED) is 0.760. The molecule has 0 unspecified atom stereocenters. The first-order valence-corrected chi connectivity index (χ1v) is 6.84. The maximum absolute atomic E-state index is 5.33. The van der Waals surface area contributed by atoms with E-state index in [1.807, 2.05) is 54.6 Å². The van der Waals surface area contributed by atoms with E-state index in [1.54, 1.807) is 27.5 Å². The minimum absolute atomic E-state index is 0.589. The Morgan fingerprint density at radius 1 is 0.864 bits per heavy atom. The van der Waals surface area contributed by atoms with Crippen LogP contribution in [0.15, 0.2) is 48.7 Å². The van der Waals surface area contributed by atoms with Gasteiger partial charge in [0, 0.05) is 6.20 Å². The van der Waals surface area contributed by atoms with Gasteiger partial charge < -0.3 is 14.2 Å². The molecule has 1 aromatic heterocycles. The molecule has 22 heavy (non-hydrogen) atoms. The molecule has 0 atom stereocenters. The van der Waals surface area contributed by atoms with E-state index in [1.165, 1.54) is 0 Å². The summed E-state index contributed by atoms with van der Waals surface area (Å²) in [5.74, 6) is 1.86. The Labute approximate surface area is 130 Å². The van der Waals surface area contributed by atoms with Crippen LogP contribution in [0.4, 0.5) is 0 Å². The van der Waals surface area contributed by atoms with E-state index in [9.17, 15) is 0 Å². The Balaban J connectivity index is 2.19. The summed E-state index contributed by atoms with van der Waals surface area (Å²) in [7, 11) is 4.79. The first kappa shape index (κ1) is 15.6. The number of benzene rings is 1. The van der Waals surface area contributed by atoms with Crippen LogP contribution in [-0.4, -0.2) is 26.3 Å². The highest BCUT2D eigenvalue weighted by Crippen LogP contribution is 2.38. The number of allylic oxidation sites excluding steroid dienone is 2. The number of methoxy groups -OCH3 is 3. The molecule has 2 rings (SSSR count). The molecule has 0 aliphatic carbocycles. The second-order valence-corrected chi connectivity index (χ2v) is 4.43. The number of pyridine rings is 1. The third-order valence-electron chi connectivity index (χ3n) is 3.04. The fourth-order valence-electron chi connectivity index (χ4n) is 1.99. The number of aromatic nitrogens is 1. The first-order valence-electron chi connectivity index (χ1n) is 6.84. The summed E-state index contributed by atoms with van der Waals surface area (Å²) in [5, 5.41) is 0. The van der Waals surface area contributed by atoms with Crippen LogP contribution in [-0.2, 0) is 0 Å². The van der Waals surface area contributed by atoms with Gasteiger partial charge in [-0.3, -0.25) is 4.98 Å². The molecule has 114 valence electrons. The van der Waals surface area contributed by atoms with Crippen LogP contribution in [0.2, 0.25) is 0 Å². The average Bonchev–Trinajstić information content (AvgIpc) is 2.58. The Morgan fingerprint density at radius 3 is 2.09 bits per heavy atom. The largest absolute Gasteiger partial charge is 0.493 e. The minimum Gasteiger partial charge on any atom is -0.493 e. The van der Waals surface area contributed by atoms with Crippen molar-refractivity contribution in [2.24, 2.45) is 0 Å². The molecule has 0 bridgehead atoms. The Kier molecular flexibility index (Phi) is 5.60. The molecular formula is C18H19NO3. The number of nitrogens with zero attached hydrogens (tertiary/aromatic N) is 1. The SMILES string of the molecule is COc1cc(/C=C/C=C/c2ccccn2)cc(OC)c1OC. The van der Waals surface area contributed by atoms with Crippen molar-refractivity contribution in [2.45, 2.75) is 0 Å². The Morgan fingerprint density at radius 2 is 1.55 bits per heavy atom. The standard InChI is InChI=1S/C18H19NO3/c1-20-16-12-14(13-17(21-2)18(16)22-3)8-4-5-9-15-10-6-7-11-19-15/h4-13H,1-3H3/b8-4+,9-5+. The van der Waals surface area contributed by atoms with Crippen LogP contribution in [0, 0.1) is 0 Å². The Bertz CT molecular complexity index is 638. The van der Waals surface area contributed by atoms with Gasteiger partial charge in [-0.25, -0.2) is 0 Å². The molecule has 0 aliphatic rings. The fourth-order valence-corrected chi connectivity index (χ4v) is 1.99. The van der Waals surface area contributed by atoms with E-state index in [0.717, 1.165) is 11.3 Å². The molecule has 1 aromatic carbocycles. The summed E-state index contributed by atoms with van der Waals surface area (Å²) in [6.07, 6.45) is 9.54. The Hall–Kier alpha value is -2.75. The van der Waals surface area contributed by atoms with Crippen molar-refractivity contribution in [1.82, 2.24) is 4.98 Å². The van der Waals surface area contributed by atoms with E-state index in [2.05, 4.69) is 4.98 Å². The molecule has 0 radical (unpaired) electrons. The van der Waals surface area contributed by atoms with E-state index in [0.29, 0.717) is 17.2 Å². The fraction of sp³-hybridized carbons (Fsp3) is 0.167. The lowest BCUT2D eigenvalue weighted by atomic mass is 10.1. The molecule has 0 saturated carbocycles. The first-order chi connectivity index (χ1) is 10.8. The maximum atomic E-state index is 5.33. The van der Waals surface area contributed by atoms with Gasteiger partial charge >= 0.3 is 0 Å². The predicted octanol–water partition coefficient (Wildman–Crippen LogP) is 3.83. The summed E-state index contributed by atoms with van der Waals surface area (Å²) in [6, 6.07) is 9.58.